The molecule has 0 atom stereocenters. The summed E-state index contributed by atoms with van der Waals surface area (Å²) in [7, 11) is -20.1. The van der Waals surface area contributed by atoms with Gasteiger partial charge in [0.05, 0.1) is 43.9 Å². The zero-order valence-electron chi connectivity index (χ0n) is 39.5. The van der Waals surface area contributed by atoms with E-state index in [1.165, 1.54) is 72.8 Å². The van der Waals surface area contributed by atoms with Crippen molar-refractivity contribution in [3.8, 4) is 11.5 Å². The van der Waals surface area contributed by atoms with Crippen LogP contribution in [0.5, 0.6) is 11.5 Å². The van der Waals surface area contributed by atoms with Crippen molar-refractivity contribution in [1.29, 1.82) is 0 Å². The fraction of sp³-hybridized carbons (Fsp3) is 0. The average molecular weight is 1120 g/mol. The van der Waals surface area contributed by atoms with Crippen LogP contribution in [0.15, 0.2) is 196 Å². The van der Waals surface area contributed by atoms with Gasteiger partial charge in [-0.1, -0.05) is 72.2 Å². The van der Waals surface area contributed by atoms with Crippen molar-refractivity contribution in [2.75, 3.05) is 5.32 Å². The maximum absolute atomic E-state index is 13.8. The van der Waals surface area contributed by atoms with Gasteiger partial charge in [-0.2, -0.15) is 21.9 Å². The minimum Gasteiger partial charge on any atom is -0.871 e. The van der Waals surface area contributed by atoms with Gasteiger partial charge in [0, 0.05) is 38.3 Å². The smallest absolute Gasteiger partial charge is 0.871 e. The van der Waals surface area contributed by atoms with E-state index in [9.17, 15) is 62.1 Å². The molecule has 0 amide bonds. The van der Waals surface area contributed by atoms with Gasteiger partial charge in [-0.05, 0) is 101 Å². The molecule has 3 N–H and O–H groups in total. The number of para-hydroxylation sites is 1. The van der Waals surface area contributed by atoms with Gasteiger partial charge in [0.2, 0.25) is 0 Å². The number of nitrogens with one attached hydrogen (secondary N) is 1. The van der Waals surface area contributed by atoms with Gasteiger partial charge in [-0.15, -0.1) is 25.6 Å². The molecule has 0 bridgehead atoms. The molecule has 0 aliphatic heterocycles. The Hall–Kier alpha value is -4.14. The topological polar surface area (TPSA) is 355 Å². The van der Waals surface area contributed by atoms with E-state index in [4.69, 9.17) is 0 Å². The first-order valence-electron chi connectivity index (χ1n) is 20.1. The second-order valence-corrected chi connectivity index (χ2v) is 20.9. The number of hydrogen-bond donors (Lipinski definition) is 3. The van der Waals surface area contributed by atoms with Gasteiger partial charge in [0.15, 0.2) is 0 Å². The fourth-order valence-corrected chi connectivity index (χ4v) is 9.92. The first kappa shape index (κ1) is 61.7. The SMILES string of the molecule is O=S(=O)([O-])c1ccc2c(N=Nc3ccc(N=Nc4cc(S(=O)(=O)O)c5ccccc5c4[O-])c4ccc(S(=O)(=O)[O-])cc34)ccc(N=Nc3c(S(=O)(=O)O)cc4cc(Nc5ccccc5)ccc4c3[O-])c2c1.[Na+].[Na+].[Na+].[Na+]. The molecule has 0 aliphatic rings. The molecule has 75 heavy (non-hydrogen) atoms. The van der Waals surface area contributed by atoms with Crippen LogP contribution in [0.2, 0.25) is 0 Å². The second-order valence-electron chi connectivity index (χ2n) is 15.3. The molecule has 9 rings (SSSR count). The third-order valence-electron chi connectivity index (χ3n) is 10.8. The van der Waals surface area contributed by atoms with Crippen LogP contribution in [0.1, 0.15) is 0 Å². The van der Waals surface area contributed by atoms with E-state index in [0.29, 0.717) is 11.4 Å². The molecule has 0 heterocycles. The Morgan fingerprint density at radius 1 is 0.373 bits per heavy atom. The summed E-state index contributed by atoms with van der Waals surface area (Å²) in [6.07, 6.45) is 0. The van der Waals surface area contributed by atoms with Crippen LogP contribution in [-0.2, 0) is 40.5 Å². The first-order chi connectivity index (χ1) is 33.5. The average Bonchev–Trinajstić information content (AvgIpc) is 3.32. The molecule has 0 aliphatic carbocycles. The number of rotatable bonds is 12. The monoisotopic (exact) mass is 1120 g/mol. The molecule has 0 spiro atoms. The predicted molar refractivity (Wildman–Crippen MR) is 252 cm³/mol. The van der Waals surface area contributed by atoms with Crippen molar-refractivity contribution in [3.63, 3.8) is 0 Å². The molecular weight excluding hydrogens is 1090 g/mol. The maximum atomic E-state index is 13.8. The molecular formula is C46H27N7Na4O14S4. The largest absolute Gasteiger partial charge is 1.00 e. The van der Waals surface area contributed by atoms with Gasteiger partial charge in [-0.25, -0.2) is 16.8 Å². The summed E-state index contributed by atoms with van der Waals surface area (Å²) >= 11 is 0. The third kappa shape index (κ3) is 13.4. The van der Waals surface area contributed by atoms with Crippen molar-refractivity contribution in [1.82, 2.24) is 0 Å². The van der Waals surface area contributed by atoms with Crippen LogP contribution >= 0.6 is 0 Å². The number of fused-ring (bicyclic) bond motifs is 4. The van der Waals surface area contributed by atoms with Crippen LogP contribution in [-0.4, -0.2) is 51.9 Å². The summed E-state index contributed by atoms with van der Waals surface area (Å²) in [5, 5.41) is 54.8. The van der Waals surface area contributed by atoms with E-state index in [0.717, 1.165) is 36.4 Å². The molecule has 0 fully saturated rings. The Morgan fingerprint density at radius 3 is 1.31 bits per heavy atom. The number of hydrogen-bond acceptors (Lipinski definition) is 19. The Morgan fingerprint density at radius 2 is 0.813 bits per heavy atom. The predicted octanol–water partition coefficient (Wildman–Crippen LogP) is -2.25. The summed E-state index contributed by atoms with van der Waals surface area (Å²) in [5.41, 5.74) is -0.450. The maximum Gasteiger partial charge on any atom is 1.00 e. The van der Waals surface area contributed by atoms with Crippen molar-refractivity contribution < 1.29 is 180 Å². The Balaban J connectivity index is 0.00000260. The molecule has 0 radical (unpaired) electrons. The van der Waals surface area contributed by atoms with Crippen molar-refractivity contribution >= 4 is 129 Å². The van der Waals surface area contributed by atoms with Crippen LogP contribution < -0.4 is 134 Å². The van der Waals surface area contributed by atoms with Gasteiger partial charge in [-0.3, -0.25) is 9.11 Å². The number of nitrogens with zero attached hydrogens (tertiary/aromatic N) is 6. The summed E-state index contributed by atoms with van der Waals surface area (Å²) in [6.45, 7) is 0. The molecule has 9 aromatic rings. The summed E-state index contributed by atoms with van der Waals surface area (Å²) in [4.78, 5) is -2.92. The van der Waals surface area contributed by atoms with Crippen LogP contribution in [0, 0.1) is 0 Å². The van der Waals surface area contributed by atoms with E-state index in [1.54, 1.807) is 30.3 Å². The van der Waals surface area contributed by atoms with E-state index >= 15 is 0 Å². The number of anilines is 2. The van der Waals surface area contributed by atoms with Crippen LogP contribution in [0.4, 0.5) is 45.5 Å². The molecule has 0 saturated heterocycles. The minimum atomic E-state index is -5.12. The van der Waals surface area contributed by atoms with E-state index in [-0.39, 0.29) is 184 Å². The molecule has 0 unspecified atom stereocenters. The van der Waals surface area contributed by atoms with Crippen molar-refractivity contribution in [2.45, 2.75) is 19.6 Å². The van der Waals surface area contributed by atoms with E-state index < -0.39 is 82.9 Å². The molecule has 29 heteroatoms. The summed E-state index contributed by atoms with van der Waals surface area (Å²) in [5.74, 6) is -1.67. The molecule has 0 saturated carbocycles. The standard InChI is InChI=1S/C46H31N7O14S4.4Na/c54-45-34-9-5-4-8-33(34)42(70(62,63)64)24-41(45)52-49-38-16-18-39(35-22-28(68(56,57)58)11-14-31(35)38)50-48-37-17-19-40(36-23-29(69(59,60)61)12-15-32(36)37)51-53-44-43(71(65,66)67)21-25-20-27(10-13-30(25)46(44)55)47-26-6-2-1-3-7-26;;;;/h1-24,47,54-55H,(H,56,57,58)(H,59,60,61)(H,62,63,64)(H,65,66,67);;;;/q;4*+1/p-4. The molecule has 358 valence electrons. The van der Waals surface area contributed by atoms with E-state index in [1.807, 2.05) is 6.07 Å². The molecule has 21 nitrogen and oxygen atoms in total. The van der Waals surface area contributed by atoms with E-state index in [2.05, 4.69) is 36.0 Å². The normalized spacial score (nSPS) is 12.2. The van der Waals surface area contributed by atoms with Crippen molar-refractivity contribution in [2.24, 2.45) is 30.7 Å². The minimum absolute atomic E-state index is 0. The van der Waals surface area contributed by atoms with Crippen LogP contribution in [0.25, 0.3) is 43.1 Å². The van der Waals surface area contributed by atoms with Gasteiger partial charge in [0.25, 0.3) is 20.2 Å². The van der Waals surface area contributed by atoms with Gasteiger partial charge >= 0.3 is 118 Å². The zero-order chi connectivity index (χ0) is 50.6. The van der Waals surface area contributed by atoms with Gasteiger partial charge < -0.3 is 24.6 Å². The Kier molecular flexibility index (Phi) is 20.0. The number of benzene rings is 9. The van der Waals surface area contributed by atoms with Crippen LogP contribution in [0.3, 0.4) is 0 Å². The zero-order valence-corrected chi connectivity index (χ0v) is 50.7. The Bertz CT molecular complexity index is 4310. The molecule has 0 aromatic heterocycles. The first-order valence-corrected chi connectivity index (χ1v) is 25.8. The Labute approximate surface area is 515 Å². The summed E-state index contributed by atoms with van der Waals surface area (Å²) in [6, 6.07) is 32.2. The van der Waals surface area contributed by atoms with Gasteiger partial charge in [0.1, 0.15) is 30.0 Å². The fourth-order valence-electron chi connectivity index (χ4n) is 7.56. The number of azo groups is 3. The second kappa shape index (κ2) is 24.3. The third-order valence-corrected chi connectivity index (χ3v) is 14.3. The molecule has 9 aromatic carbocycles. The quantitative estimate of drug-likeness (QED) is 0.0661. The van der Waals surface area contributed by atoms with Crippen molar-refractivity contribution in [3.05, 3.63) is 146 Å². The summed E-state index contributed by atoms with van der Waals surface area (Å²) < 4.78 is 143.